The van der Waals surface area contributed by atoms with Gasteiger partial charge >= 0.3 is 5.97 Å². The molecule has 122 valence electrons. The minimum atomic E-state index is -0.814. The lowest BCUT2D eigenvalue weighted by molar-refractivity contribution is -0.138. The van der Waals surface area contributed by atoms with Gasteiger partial charge in [-0.25, -0.2) is 0 Å². The Morgan fingerprint density at radius 1 is 1.36 bits per heavy atom. The third-order valence-corrected chi connectivity index (χ3v) is 4.78. The van der Waals surface area contributed by atoms with Gasteiger partial charge < -0.3 is 14.6 Å². The molecule has 0 saturated heterocycles. The first-order chi connectivity index (χ1) is 10.3. The Morgan fingerprint density at radius 3 is 2.55 bits per heavy atom. The molecule has 4 nitrogen and oxygen atoms in total. The van der Waals surface area contributed by atoms with Gasteiger partial charge in [0.2, 0.25) is 0 Å². The topological polar surface area (TPSA) is 55.8 Å². The molecule has 1 saturated carbocycles. The molecule has 0 spiro atoms. The van der Waals surface area contributed by atoms with Crippen LogP contribution in [0.25, 0.3) is 0 Å². The summed E-state index contributed by atoms with van der Waals surface area (Å²) >= 11 is 3.55. The molecule has 22 heavy (non-hydrogen) atoms. The van der Waals surface area contributed by atoms with Gasteiger partial charge in [-0.2, -0.15) is 0 Å². The van der Waals surface area contributed by atoms with Crippen LogP contribution in [0.4, 0.5) is 0 Å². The molecular formula is C17H23BrO4. The molecule has 1 aliphatic carbocycles. The Hall–Kier alpha value is -1.23. The van der Waals surface area contributed by atoms with E-state index in [-0.39, 0.29) is 12.5 Å². The number of aliphatic carboxylic acids is 1. The van der Waals surface area contributed by atoms with Crippen molar-refractivity contribution in [3.63, 3.8) is 0 Å². The molecule has 0 aliphatic heterocycles. The quantitative estimate of drug-likeness (QED) is 0.798. The summed E-state index contributed by atoms with van der Waals surface area (Å²) in [6.07, 6.45) is 4.85. The molecule has 0 radical (unpaired) electrons. The maximum Gasteiger partial charge on any atom is 0.304 e. The largest absolute Gasteiger partial charge is 0.493 e. The SMILES string of the molecule is COc1cc(C(C)(C)CC(=O)O)cc(Br)c1OC1CCCC1. The molecule has 0 aromatic heterocycles. The number of methoxy groups -OCH3 is 1. The summed E-state index contributed by atoms with van der Waals surface area (Å²) in [6.45, 7) is 3.83. The highest BCUT2D eigenvalue weighted by Gasteiger charge is 2.28. The van der Waals surface area contributed by atoms with Gasteiger partial charge in [-0.15, -0.1) is 0 Å². The highest BCUT2D eigenvalue weighted by Crippen LogP contribution is 2.42. The van der Waals surface area contributed by atoms with Crippen molar-refractivity contribution < 1.29 is 19.4 Å². The van der Waals surface area contributed by atoms with E-state index in [1.807, 2.05) is 26.0 Å². The first-order valence-electron chi connectivity index (χ1n) is 7.60. The standard InChI is InChI=1S/C17H23BrO4/c1-17(2,10-15(19)20)11-8-13(18)16(14(9-11)21-3)22-12-6-4-5-7-12/h8-9,12H,4-7,10H2,1-3H3,(H,19,20). The predicted molar refractivity (Wildman–Crippen MR) is 88.9 cm³/mol. The van der Waals surface area contributed by atoms with Crippen molar-refractivity contribution in [2.75, 3.05) is 7.11 Å². The smallest absolute Gasteiger partial charge is 0.304 e. The minimum Gasteiger partial charge on any atom is -0.493 e. The van der Waals surface area contributed by atoms with Gasteiger partial charge in [0, 0.05) is 5.41 Å². The molecule has 5 heteroatoms. The van der Waals surface area contributed by atoms with Gasteiger partial charge in [0.05, 0.1) is 24.1 Å². The number of carboxylic acid groups (broad SMARTS) is 1. The molecule has 0 atom stereocenters. The van der Waals surface area contributed by atoms with E-state index in [9.17, 15) is 4.79 Å². The second kappa shape index (κ2) is 6.90. The van der Waals surface area contributed by atoms with Gasteiger partial charge in [0.15, 0.2) is 11.5 Å². The van der Waals surface area contributed by atoms with E-state index in [0.29, 0.717) is 11.5 Å². The van der Waals surface area contributed by atoms with Crippen molar-refractivity contribution >= 4 is 21.9 Å². The Bertz CT molecular complexity index is 548. The van der Waals surface area contributed by atoms with Crippen LogP contribution in [0.15, 0.2) is 16.6 Å². The third-order valence-electron chi connectivity index (χ3n) is 4.19. The van der Waals surface area contributed by atoms with E-state index in [1.54, 1.807) is 7.11 Å². The van der Waals surface area contributed by atoms with Crippen molar-refractivity contribution in [1.29, 1.82) is 0 Å². The maximum atomic E-state index is 11.1. The molecule has 1 aromatic rings. The van der Waals surface area contributed by atoms with Crippen LogP contribution in [0, 0.1) is 0 Å². The normalized spacial score (nSPS) is 15.8. The van der Waals surface area contributed by atoms with Crippen molar-refractivity contribution in [2.45, 2.75) is 57.5 Å². The second-order valence-electron chi connectivity index (χ2n) is 6.47. The first-order valence-corrected chi connectivity index (χ1v) is 8.39. The van der Waals surface area contributed by atoms with Crippen LogP contribution in [-0.4, -0.2) is 24.3 Å². The molecular weight excluding hydrogens is 348 g/mol. The van der Waals surface area contributed by atoms with E-state index in [0.717, 1.165) is 22.9 Å². The zero-order chi connectivity index (χ0) is 16.3. The number of hydrogen-bond donors (Lipinski definition) is 1. The van der Waals surface area contributed by atoms with Crippen molar-refractivity contribution in [3.8, 4) is 11.5 Å². The Morgan fingerprint density at radius 2 is 2.00 bits per heavy atom. The van der Waals surface area contributed by atoms with E-state index in [2.05, 4.69) is 15.9 Å². The van der Waals surface area contributed by atoms with Crippen LogP contribution in [-0.2, 0) is 10.2 Å². The Labute approximate surface area is 139 Å². The number of benzene rings is 1. The Balaban J connectivity index is 2.32. The van der Waals surface area contributed by atoms with Crippen LogP contribution >= 0.6 is 15.9 Å². The summed E-state index contributed by atoms with van der Waals surface area (Å²) < 4.78 is 12.4. The molecule has 0 bridgehead atoms. The van der Waals surface area contributed by atoms with E-state index in [1.165, 1.54) is 12.8 Å². The fraction of sp³-hybridized carbons (Fsp3) is 0.588. The highest BCUT2D eigenvalue weighted by molar-refractivity contribution is 9.10. The van der Waals surface area contributed by atoms with Crippen molar-refractivity contribution in [1.82, 2.24) is 0 Å². The van der Waals surface area contributed by atoms with Crippen LogP contribution < -0.4 is 9.47 Å². The number of ether oxygens (including phenoxy) is 2. The van der Waals surface area contributed by atoms with E-state index in [4.69, 9.17) is 14.6 Å². The van der Waals surface area contributed by atoms with Crippen LogP contribution in [0.1, 0.15) is 51.5 Å². The first kappa shape index (κ1) is 17.1. The lowest BCUT2D eigenvalue weighted by Gasteiger charge is -2.26. The van der Waals surface area contributed by atoms with Gasteiger partial charge in [-0.1, -0.05) is 13.8 Å². The predicted octanol–water partition coefficient (Wildman–Crippen LogP) is 4.53. The summed E-state index contributed by atoms with van der Waals surface area (Å²) in [4.78, 5) is 11.1. The molecule has 1 fully saturated rings. The number of carboxylic acids is 1. The number of rotatable bonds is 6. The fourth-order valence-corrected chi connectivity index (χ4v) is 3.41. The molecule has 0 amide bonds. The van der Waals surface area contributed by atoms with E-state index >= 15 is 0 Å². The lowest BCUT2D eigenvalue weighted by atomic mass is 9.81. The molecule has 0 heterocycles. The monoisotopic (exact) mass is 370 g/mol. The average molecular weight is 371 g/mol. The maximum absolute atomic E-state index is 11.1. The fourth-order valence-electron chi connectivity index (χ4n) is 2.88. The zero-order valence-electron chi connectivity index (χ0n) is 13.3. The summed E-state index contributed by atoms with van der Waals surface area (Å²) in [5.74, 6) is 0.547. The molecule has 1 N–H and O–H groups in total. The molecule has 1 aromatic carbocycles. The Kier molecular flexibility index (Phi) is 5.37. The van der Waals surface area contributed by atoms with Crippen molar-refractivity contribution in [2.24, 2.45) is 0 Å². The second-order valence-corrected chi connectivity index (χ2v) is 7.32. The highest BCUT2D eigenvalue weighted by atomic mass is 79.9. The average Bonchev–Trinajstić information content (AvgIpc) is 2.92. The van der Waals surface area contributed by atoms with Crippen molar-refractivity contribution in [3.05, 3.63) is 22.2 Å². The molecule has 2 rings (SSSR count). The summed E-state index contributed by atoms with van der Waals surface area (Å²) in [6, 6.07) is 3.83. The zero-order valence-corrected chi connectivity index (χ0v) is 14.9. The summed E-state index contributed by atoms with van der Waals surface area (Å²) in [5, 5.41) is 9.08. The van der Waals surface area contributed by atoms with Gasteiger partial charge in [-0.05, 0) is 59.3 Å². The van der Waals surface area contributed by atoms with Gasteiger partial charge in [-0.3, -0.25) is 4.79 Å². The minimum absolute atomic E-state index is 0.0609. The number of carbonyl (C=O) groups is 1. The summed E-state index contributed by atoms with van der Waals surface area (Å²) in [7, 11) is 1.61. The van der Waals surface area contributed by atoms with E-state index < -0.39 is 11.4 Å². The molecule has 1 aliphatic rings. The third kappa shape index (κ3) is 3.94. The lowest BCUT2D eigenvalue weighted by Crippen LogP contribution is -2.22. The van der Waals surface area contributed by atoms with Gasteiger partial charge in [0.25, 0.3) is 0 Å². The molecule has 0 unspecified atom stereocenters. The summed E-state index contributed by atoms with van der Waals surface area (Å²) in [5.41, 5.74) is 0.436. The van der Waals surface area contributed by atoms with Crippen LogP contribution in [0.2, 0.25) is 0 Å². The van der Waals surface area contributed by atoms with Crippen LogP contribution in [0.3, 0.4) is 0 Å². The van der Waals surface area contributed by atoms with Gasteiger partial charge in [0.1, 0.15) is 0 Å². The number of hydrogen-bond acceptors (Lipinski definition) is 3. The van der Waals surface area contributed by atoms with Crippen LogP contribution in [0.5, 0.6) is 11.5 Å². The number of halogens is 1.